The molecule has 0 amide bonds. The summed E-state index contributed by atoms with van der Waals surface area (Å²) < 4.78 is 5.16. The van der Waals surface area contributed by atoms with Crippen LogP contribution in [0.5, 0.6) is 5.88 Å². The Kier molecular flexibility index (Phi) is 4.12. The molecule has 0 saturated carbocycles. The van der Waals surface area contributed by atoms with E-state index in [1.54, 1.807) is 7.11 Å². The van der Waals surface area contributed by atoms with Crippen molar-refractivity contribution < 1.29 is 4.74 Å². The predicted octanol–water partition coefficient (Wildman–Crippen LogP) is 2.66. The van der Waals surface area contributed by atoms with Crippen molar-refractivity contribution in [3.05, 3.63) is 47.8 Å². The van der Waals surface area contributed by atoms with E-state index >= 15 is 0 Å². The lowest BCUT2D eigenvalue weighted by Crippen LogP contribution is -2.05. The molecule has 1 N–H and O–H groups in total. The predicted molar refractivity (Wildman–Crippen MR) is 71.7 cm³/mol. The fraction of sp³-hybridized carbons (Fsp3) is 0.286. The van der Waals surface area contributed by atoms with Crippen LogP contribution in [0.2, 0.25) is 0 Å². The van der Waals surface area contributed by atoms with Crippen LogP contribution < -0.4 is 10.1 Å². The Labute approximate surface area is 107 Å². The summed E-state index contributed by atoms with van der Waals surface area (Å²) in [6, 6.07) is 12.0. The number of nitrogens with one attached hydrogen (secondary N) is 1. The summed E-state index contributed by atoms with van der Waals surface area (Å²) >= 11 is 0. The summed E-state index contributed by atoms with van der Waals surface area (Å²) in [5, 5.41) is 3.28. The molecule has 1 aromatic carbocycles. The van der Waals surface area contributed by atoms with Crippen molar-refractivity contribution >= 4 is 5.82 Å². The van der Waals surface area contributed by atoms with Crippen LogP contribution in [0, 0.1) is 0 Å². The number of aryl methyl sites for hydroxylation is 1. The second-order valence-electron chi connectivity index (χ2n) is 3.90. The normalized spacial score (nSPS) is 10.1. The second-order valence-corrected chi connectivity index (χ2v) is 3.90. The highest BCUT2D eigenvalue weighted by Crippen LogP contribution is 2.14. The van der Waals surface area contributed by atoms with Gasteiger partial charge in [-0.15, -0.1) is 0 Å². The van der Waals surface area contributed by atoms with Gasteiger partial charge in [0, 0.05) is 19.0 Å². The van der Waals surface area contributed by atoms with E-state index in [4.69, 9.17) is 4.74 Å². The highest BCUT2D eigenvalue weighted by atomic mass is 16.5. The first-order valence-electron chi connectivity index (χ1n) is 6.01. The Morgan fingerprint density at radius 3 is 2.61 bits per heavy atom. The minimum atomic E-state index is 0.595. The van der Waals surface area contributed by atoms with Crippen molar-refractivity contribution in [2.75, 3.05) is 12.4 Å². The molecule has 1 aromatic heterocycles. The topological polar surface area (TPSA) is 47.0 Å². The van der Waals surface area contributed by atoms with Crippen LogP contribution in [-0.2, 0) is 13.0 Å². The minimum absolute atomic E-state index is 0.595. The quantitative estimate of drug-likeness (QED) is 0.877. The van der Waals surface area contributed by atoms with Crippen molar-refractivity contribution in [3.8, 4) is 5.88 Å². The van der Waals surface area contributed by atoms with Gasteiger partial charge in [0.15, 0.2) is 0 Å². The molecule has 0 fully saturated rings. The van der Waals surface area contributed by atoms with Gasteiger partial charge in [-0.1, -0.05) is 37.3 Å². The summed E-state index contributed by atoms with van der Waals surface area (Å²) in [6.45, 7) is 2.76. The van der Waals surface area contributed by atoms with E-state index < -0.39 is 0 Å². The molecule has 2 aromatic rings. The Balaban J connectivity index is 2.09. The average Bonchev–Trinajstić information content (AvgIpc) is 2.45. The summed E-state index contributed by atoms with van der Waals surface area (Å²) in [7, 11) is 1.61. The average molecular weight is 243 g/mol. The fourth-order valence-electron chi connectivity index (χ4n) is 1.61. The Bertz CT molecular complexity index is 477. The van der Waals surface area contributed by atoms with Gasteiger partial charge < -0.3 is 10.1 Å². The highest BCUT2D eigenvalue weighted by molar-refractivity contribution is 5.39. The first-order chi connectivity index (χ1) is 8.81. The SMILES string of the molecule is CCc1nc(NCc2ccccc2)cc(OC)n1. The zero-order chi connectivity index (χ0) is 12.8. The maximum Gasteiger partial charge on any atom is 0.218 e. The van der Waals surface area contributed by atoms with E-state index in [0.29, 0.717) is 5.88 Å². The lowest BCUT2D eigenvalue weighted by atomic mass is 10.2. The molecule has 0 unspecified atom stereocenters. The van der Waals surface area contributed by atoms with Crippen molar-refractivity contribution in [3.63, 3.8) is 0 Å². The van der Waals surface area contributed by atoms with E-state index in [0.717, 1.165) is 24.6 Å². The van der Waals surface area contributed by atoms with Crippen LogP contribution in [-0.4, -0.2) is 17.1 Å². The molecule has 0 aliphatic rings. The largest absolute Gasteiger partial charge is 0.481 e. The Morgan fingerprint density at radius 1 is 1.17 bits per heavy atom. The number of anilines is 1. The summed E-state index contributed by atoms with van der Waals surface area (Å²) in [6.07, 6.45) is 0.789. The number of nitrogens with zero attached hydrogens (tertiary/aromatic N) is 2. The molecule has 0 spiro atoms. The minimum Gasteiger partial charge on any atom is -0.481 e. The third-order valence-electron chi connectivity index (χ3n) is 2.59. The van der Waals surface area contributed by atoms with Gasteiger partial charge >= 0.3 is 0 Å². The van der Waals surface area contributed by atoms with Gasteiger partial charge in [0.05, 0.1) is 7.11 Å². The summed E-state index contributed by atoms with van der Waals surface area (Å²) in [5.41, 5.74) is 1.22. The molecule has 4 nitrogen and oxygen atoms in total. The van der Waals surface area contributed by atoms with E-state index in [2.05, 4.69) is 27.4 Å². The van der Waals surface area contributed by atoms with Gasteiger partial charge in [0.1, 0.15) is 11.6 Å². The molecule has 0 atom stereocenters. The number of aromatic nitrogens is 2. The second kappa shape index (κ2) is 6.00. The Hall–Kier alpha value is -2.10. The molecule has 0 radical (unpaired) electrons. The van der Waals surface area contributed by atoms with Crippen molar-refractivity contribution in [2.45, 2.75) is 19.9 Å². The van der Waals surface area contributed by atoms with Gasteiger partial charge in [-0.25, -0.2) is 4.98 Å². The van der Waals surface area contributed by atoms with Crippen molar-refractivity contribution in [2.24, 2.45) is 0 Å². The van der Waals surface area contributed by atoms with Crippen LogP contribution in [0.15, 0.2) is 36.4 Å². The third-order valence-corrected chi connectivity index (χ3v) is 2.59. The molecule has 0 aliphatic heterocycles. The maximum atomic E-state index is 5.16. The number of benzene rings is 1. The van der Waals surface area contributed by atoms with Gasteiger partial charge in [-0.3, -0.25) is 0 Å². The zero-order valence-electron chi connectivity index (χ0n) is 10.7. The molecule has 94 valence electrons. The number of ether oxygens (including phenoxy) is 1. The molecule has 18 heavy (non-hydrogen) atoms. The van der Waals surface area contributed by atoms with E-state index in [-0.39, 0.29) is 0 Å². The van der Waals surface area contributed by atoms with E-state index in [9.17, 15) is 0 Å². The monoisotopic (exact) mass is 243 g/mol. The van der Waals surface area contributed by atoms with Crippen LogP contribution in [0.3, 0.4) is 0 Å². The van der Waals surface area contributed by atoms with Crippen LogP contribution >= 0.6 is 0 Å². The lowest BCUT2D eigenvalue weighted by Gasteiger charge is -2.08. The molecular formula is C14H17N3O. The van der Waals surface area contributed by atoms with Crippen molar-refractivity contribution in [1.82, 2.24) is 9.97 Å². The van der Waals surface area contributed by atoms with Gasteiger partial charge in [-0.05, 0) is 5.56 Å². The first-order valence-corrected chi connectivity index (χ1v) is 6.01. The van der Waals surface area contributed by atoms with Gasteiger partial charge in [-0.2, -0.15) is 4.98 Å². The molecule has 1 heterocycles. The van der Waals surface area contributed by atoms with Crippen LogP contribution in [0.25, 0.3) is 0 Å². The van der Waals surface area contributed by atoms with Crippen LogP contribution in [0.4, 0.5) is 5.82 Å². The van der Waals surface area contributed by atoms with E-state index in [1.807, 2.05) is 31.2 Å². The zero-order valence-corrected chi connectivity index (χ0v) is 10.7. The molecule has 0 bridgehead atoms. The number of hydrogen-bond donors (Lipinski definition) is 1. The standard InChI is InChI=1S/C14H17N3O/c1-3-12-16-13(9-14(17-12)18-2)15-10-11-7-5-4-6-8-11/h4-9H,3,10H2,1-2H3,(H,15,16,17). The fourth-order valence-corrected chi connectivity index (χ4v) is 1.61. The maximum absolute atomic E-state index is 5.16. The first kappa shape index (κ1) is 12.4. The number of methoxy groups -OCH3 is 1. The van der Waals surface area contributed by atoms with E-state index in [1.165, 1.54) is 5.56 Å². The summed E-state index contributed by atoms with van der Waals surface area (Å²) in [4.78, 5) is 8.66. The van der Waals surface area contributed by atoms with Gasteiger partial charge in [0.25, 0.3) is 0 Å². The molecular weight excluding hydrogens is 226 g/mol. The van der Waals surface area contributed by atoms with Crippen LogP contribution in [0.1, 0.15) is 18.3 Å². The highest BCUT2D eigenvalue weighted by Gasteiger charge is 2.03. The number of rotatable bonds is 5. The molecule has 0 saturated heterocycles. The van der Waals surface area contributed by atoms with Crippen molar-refractivity contribution in [1.29, 1.82) is 0 Å². The smallest absolute Gasteiger partial charge is 0.218 e. The third kappa shape index (κ3) is 3.20. The molecule has 4 heteroatoms. The number of hydrogen-bond acceptors (Lipinski definition) is 4. The van der Waals surface area contributed by atoms with Gasteiger partial charge in [0.2, 0.25) is 5.88 Å². The molecule has 2 rings (SSSR count). The summed E-state index contributed by atoms with van der Waals surface area (Å²) in [5.74, 6) is 2.17. The lowest BCUT2D eigenvalue weighted by molar-refractivity contribution is 0.395. The Morgan fingerprint density at radius 2 is 1.94 bits per heavy atom. The molecule has 0 aliphatic carbocycles.